The number of hydrogen-bond acceptors (Lipinski definition) is 4. The third kappa shape index (κ3) is 4.80. The first-order valence-corrected chi connectivity index (χ1v) is 8.88. The van der Waals surface area contributed by atoms with Crippen LogP contribution in [0.15, 0.2) is 42.5 Å². The van der Waals surface area contributed by atoms with Crippen LogP contribution in [0.4, 0.5) is 0 Å². The second-order valence-electron chi connectivity index (χ2n) is 5.95. The van der Waals surface area contributed by atoms with Crippen LogP contribution < -0.4 is 5.32 Å². The maximum Gasteiger partial charge on any atom is 0.272 e. The number of morpholine rings is 1. The molecule has 2 heterocycles. The summed E-state index contributed by atoms with van der Waals surface area (Å²) in [6.07, 6.45) is 0.690. The summed E-state index contributed by atoms with van der Waals surface area (Å²) in [6.45, 7) is 2.60. The fourth-order valence-corrected chi connectivity index (χ4v) is 2.80. The second-order valence-corrected chi connectivity index (χ2v) is 6.38. The van der Waals surface area contributed by atoms with E-state index in [1.807, 2.05) is 24.3 Å². The predicted molar refractivity (Wildman–Crippen MR) is 98.4 cm³/mol. The molecule has 0 saturated carbocycles. The highest BCUT2D eigenvalue weighted by Crippen LogP contribution is 2.10. The molecule has 1 saturated heterocycles. The molecule has 1 aromatic heterocycles. The molecule has 26 heavy (non-hydrogen) atoms. The average Bonchev–Trinajstić information content (AvgIpc) is 2.69. The zero-order chi connectivity index (χ0) is 18.4. The third-order valence-electron chi connectivity index (χ3n) is 4.11. The fraction of sp³-hybridized carbons (Fsp3) is 0.316. The third-order valence-corrected chi connectivity index (χ3v) is 4.36. The monoisotopic (exact) mass is 373 g/mol. The lowest BCUT2D eigenvalue weighted by atomic mass is 10.1. The van der Waals surface area contributed by atoms with Crippen molar-refractivity contribution in [1.29, 1.82) is 0 Å². The zero-order valence-corrected chi connectivity index (χ0v) is 15.0. The minimum Gasteiger partial charge on any atom is -0.378 e. The van der Waals surface area contributed by atoms with Gasteiger partial charge in [-0.2, -0.15) is 0 Å². The van der Waals surface area contributed by atoms with Gasteiger partial charge < -0.3 is 15.0 Å². The van der Waals surface area contributed by atoms with Gasteiger partial charge in [0.25, 0.3) is 11.8 Å². The zero-order valence-electron chi connectivity index (χ0n) is 14.3. The van der Waals surface area contributed by atoms with Gasteiger partial charge in [0.05, 0.1) is 13.2 Å². The Morgan fingerprint density at radius 3 is 2.50 bits per heavy atom. The highest BCUT2D eigenvalue weighted by molar-refractivity contribution is 6.30. The number of carbonyl (C=O) groups excluding carboxylic acids is 2. The quantitative estimate of drug-likeness (QED) is 0.872. The van der Waals surface area contributed by atoms with Crippen LogP contribution >= 0.6 is 11.6 Å². The molecule has 1 aliphatic rings. The number of amides is 2. The van der Waals surface area contributed by atoms with Gasteiger partial charge in [0.15, 0.2) is 0 Å². The van der Waals surface area contributed by atoms with E-state index in [2.05, 4.69) is 10.3 Å². The molecule has 7 heteroatoms. The Morgan fingerprint density at radius 1 is 1.08 bits per heavy atom. The number of ether oxygens (including phenoxy) is 1. The summed E-state index contributed by atoms with van der Waals surface area (Å²) in [7, 11) is 0. The minimum atomic E-state index is -0.296. The molecular formula is C19H20ClN3O3. The molecule has 2 amide bonds. The summed E-state index contributed by atoms with van der Waals surface area (Å²) >= 11 is 5.86. The summed E-state index contributed by atoms with van der Waals surface area (Å²) in [4.78, 5) is 30.7. The smallest absolute Gasteiger partial charge is 0.272 e. The van der Waals surface area contributed by atoms with Crippen molar-refractivity contribution in [1.82, 2.24) is 15.2 Å². The van der Waals surface area contributed by atoms with Crippen LogP contribution in [0, 0.1) is 0 Å². The van der Waals surface area contributed by atoms with E-state index in [9.17, 15) is 9.59 Å². The first kappa shape index (κ1) is 18.4. The molecule has 0 atom stereocenters. The lowest BCUT2D eigenvalue weighted by Gasteiger charge is -2.26. The number of nitrogens with one attached hydrogen (secondary N) is 1. The van der Waals surface area contributed by atoms with Crippen LogP contribution in [0.3, 0.4) is 0 Å². The first-order chi connectivity index (χ1) is 12.6. The molecule has 136 valence electrons. The van der Waals surface area contributed by atoms with Gasteiger partial charge in [-0.05, 0) is 36.2 Å². The molecule has 0 bridgehead atoms. The molecule has 1 aliphatic heterocycles. The summed E-state index contributed by atoms with van der Waals surface area (Å²) in [6, 6.07) is 12.4. The molecule has 0 spiro atoms. The maximum absolute atomic E-state index is 12.5. The van der Waals surface area contributed by atoms with Crippen LogP contribution in [-0.4, -0.2) is 54.5 Å². The van der Waals surface area contributed by atoms with Crippen molar-refractivity contribution in [2.45, 2.75) is 6.42 Å². The van der Waals surface area contributed by atoms with E-state index in [4.69, 9.17) is 16.3 Å². The number of benzene rings is 1. The standard InChI is InChI=1S/C19H20ClN3O3/c20-15-6-4-14(5-7-15)8-9-21-18(24)16-2-1-3-17(22-16)19(25)23-10-12-26-13-11-23/h1-7H,8-13H2,(H,21,24). The molecule has 2 aromatic rings. The normalized spacial score (nSPS) is 14.1. The number of aromatic nitrogens is 1. The van der Waals surface area contributed by atoms with Crippen LogP contribution in [0.25, 0.3) is 0 Å². The van der Waals surface area contributed by atoms with E-state index in [0.717, 1.165) is 5.56 Å². The minimum absolute atomic E-state index is 0.177. The highest BCUT2D eigenvalue weighted by Gasteiger charge is 2.20. The van der Waals surface area contributed by atoms with Crippen molar-refractivity contribution in [3.63, 3.8) is 0 Å². The van der Waals surface area contributed by atoms with Crippen LogP contribution in [0.2, 0.25) is 5.02 Å². The number of pyridine rings is 1. The molecule has 0 aliphatic carbocycles. The van der Waals surface area contributed by atoms with Gasteiger partial charge in [-0.15, -0.1) is 0 Å². The summed E-state index contributed by atoms with van der Waals surface area (Å²) < 4.78 is 5.25. The number of carbonyl (C=O) groups is 2. The molecule has 6 nitrogen and oxygen atoms in total. The number of halogens is 1. The Morgan fingerprint density at radius 2 is 1.77 bits per heavy atom. The molecular weight excluding hydrogens is 354 g/mol. The molecule has 1 fully saturated rings. The summed E-state index contributed by atoms with van der Waals surface area (Å²) in [5.74, 6) is -0.472. The molecule has 1 aromatic carbocycles. The Balaban J connectivity index is 1.57. The lowest BCUT2D eigenvalue weighted by molar-refractivity contribution is 0.0299. The Bertz CT molecular complexity index is 774. The lowest BCUT2D eigenvalue weighted by Crippen LogP contribution is -2.41. The largest absolute Gasteiger partial charge is 0.378 e. The topological polar surface area (TPSA) is 71.5 Å². The van der Waals surface area contributed by atoms with Gasteiger partial charge in [0.2, 0.25) is 0 Å². The van der Waals surface area contributed by atoms with Crippen LogP contribution in [0.1, 0.15) is 26.5 Å². The van der Waals surface area contributed by atoms with Crippen molar-refractivity contribution in [3.8, 4) is 0 Å². The van der Waals surface area contributed by atoms with Gasteiger partial charge in [0, 0.05) is 24.7 Å². The number of nitrogens with zero attached hydrogens (tertiary/aromatic N) is 2. The van der Waals surface area contributed by atoms with Crippen LogP contribution in [-0.2, 0) is 11.2 Å². The van der Waals surface area contributed by atoms with Crippen molar-refractivity contribution >= 4 is 23.4 Å². The van der Waals surface area contributed by atoms with Gasteiger partial charge in [-0.1, -0.05) is 29.8 Å². The SMILES string of the molecule is O=C(NCCc1ccc(Cl)cc1)c1cccc(C(=O)N2CCOCC2)n1. The predicted octanol–water partition coefficient (Wildman–Crippen LogP) is 2.18. The summed E-state index contributed by atoms with van der Waals surface area (Å²) in [5.41, 5.74) is 1.59. The van der Waals surface area contributed by atoms with E-state index in [-0.39, 0.29) is 23.2 Å². The average molecular weight is 374 g/mol. The van der Waals surface area contributed by atoms with E-state index >= 15 is 0 Å². The van der Waals surface area contributed by atoms with E-state index < -0.39 is 0 Å². The Labute approximate surface area is 157 Å². The second kappa shape index (κ2) is 8.78. The number of hydrogen-bond donors (Lipinski definition) is 1. The van der Waals surface area contributed by atoms with Crippen molar-refractivity contribution in [2.24, 2.45) is 0 Å². The van der Waals surface area contributed by atoms with Gasteiger partial charge >= 0.3 is 0 Å². The van der Waals surface area contributed by atoms with Gasteiger partial charge in [0.1, 0.15) is 11.4 Å². The molecule has 0 radical (unpaired) electrons. The van der Waals surface area contributed by atoms with Crippen LogP contribution in [0.5, 0.6) is 0 Å². The van der Waals surface area contributed by atoms with Crippen molar-refractivity contribution in [2.75, 3.05) is 32.8 Å². The Kier molecular flexibility index (Phi) is 6.20. The van der Waals surface area contributed by atoms with E-state index in [1.54, 1.807) is 23.1 Å². The van der Waals surface area contributed by atoms with E-state index in [1.165, 1.54) is 0 Å². The number of rotatable bonds is 5. The Hall–Kier alpha value is -2.44. The fourth-order valence-electron chi connectivity index (χ4n) is 2.67. The molecule has 3 rings (SSSR count). The van der Waals surface area contributed by atoms with Gasteiger partial charge in [-0.3, -0.25) is 9.59 Å². The molecule has 0 unspecified atom stereocenters. The van der Waals surface area contributed by atoms with Gasteiger partial charge in [-0.25, -0.2) is 4.98 Å². The molecule has 1 N–H and O–H groups in total. The maximum atomic E-state index is 12.5. The first-order valence-electron chi connectivity index (χ1n) is 8.50. The van der Waals surface area contributed by atoms with E-state index in [0.29, 0.717) is 44.3 Å². The van der Waals surface area contributed by atoms with Crippen molar-refractivity contribution in [3.05, 3.63) is 64.4 Å². The summed E-state index contributed by atoms with van der Waals surface area (Å²) in [5, 5.41) is 3.51. The highest BCUT2D eigenvalue weighted by atomic mass is 35.5. The van der Waals surface area contributed by atoms with Crippen molar-refractivity contribution < 1.29 is 14.3 Å².